The summed E-state index contributed by atoms with van der Waals surface area (Å²) in [5.41, 5.74) is 0.0464. The van der Waals surface area contributed by atoms with Gasteiger partial charge in [0.05, 0.1) is 16.2 Å². The van der Waals surface area contributed by atoms with Crippen LogP contribution in [-0.2, 0) is 4.79 Å². The second-order valence-corrected chi connectivity index (χ2v) is 5.28. The van der Waals surface area contributed by atoms with E-state index < -0.39 is 5.54 Å². The first-order valence-corrected chi connectivity index (χ1v) is 6.28. The van der Waals surface area contributed by atoms with Crippen LogP contribution in [0.4, 0.5) is 5.69 Å². The highest BCUT2D eigenvalue weighted by Crippen LogP contribution is 2.27. The number of rotatable bonds is 2. The smallest absolute Gasteiger partial charge is 0.244 e. The molecule has 0 spiro atoms. The van der Waals surface area contributed by atoms with Gasteiger partial charge >= 0.3 is 0 Å². The third-order valence-corrected chi connectivity index (χ3v) is 3.61. The van der Waals surface area contributed by atoms with E-state index in [9.17, 15) is 4.79 Å². The Morgan fingerprint density at radius 2 is 2.24 bits per heavy atom. The zero-order valence-electron chi connectivity index (χ0n) is 9.52. The van der Waals surface area contributed by atoms with E-state index >= 15 is 0 Å². The normalized spacial score (nSPS) is 23.7. The number of carbonyl (C=O) groups excluding carboxylic acids is 1. The maximum atomic E-state index is 12.1. The van der Waals surface area contributed by atoms with Crippen LogP contribution in [0, 0.1) is 0 Å². The lowest BCUT2D eigenvalue weighted by Gasteiger charge is -2.23. The molecule has 0 saturated carbocycles. The van der Waals surface area contributed by atoms with Gasteiger partial charge in [0.1, 0.15) is 0 Å². The molecule has 2 rings (SSSR count). The SMILES string of the molecule is CC1(C(=O)Nc2cc(Cl)ccc2Cl)CCCN1. The Labute approximate surface area is 110 Å². The van der Waals surface area contributed by atoms with Gasteiger partial charge in [0, 0.05) is 5.02 Å². The Balaban J connectivity index is 2.15. The maximum absolute atomic E-state index is 12.1. The minimum Gasteiger partial charge on any atom is -0.323 e. The third-order valence-electron chi connectivity index (χ3n) is 3.05. The number of carbonyl (C=O) groups is 1. The van der Waals surface area contributed by atoms with E-state index in [0.717, 1.165) is 19.4 Å². The average Bonchev–Trinajstić information content (AvgIpc) is 2.72. The molecule has 5 heteroatoms. The van der Waals surface area contributed by atoms with Crippen LogP contribution in [0.5, 0.6) is 0 Å². The number of nitrogens with one attached hydrogen (secondary N) is 2. The Morgan fingerprint density at radius 1 is 1.47 bits per heavy atom. The van der Waals surface area contributed by atoms with Crippen molar-refractivity contribution in [3.05, 3.63) is 28.2 Å². The van der Waals surface area contributed by atoms with Crippen molar-refractivity contribution in [2.45, 2.75) is 25.3 Å². The standard InChI is InChI=1S/C12H14Cl2N2O/c1-12(5-2-6-15-12)11(17)16-10-7-8(13)3-4-9(10)14/h3-4,7,15H,2,5-6H2,1H3,(H,16,17). The van der Waals surface area contributed by atoms with Gasteiger partial charge < -0.3 is 10.6 Å². The second kappa shape index (κ2) is 4.84. The molecule has 1 aliphatic heterocycles. The molecule has 1 saturated heterocycles. The van der Waals surface area contributed by atoms with Crippen LogP contribution in [0.15, 0.2) is 18.2 Å². The molecule has 0 aliphatic carbocycles. The number of anilines is 1. The predicted octanol–water partition coefficient (Wildman–Crippen LogP) is 3.07. The Kier molecular flexibility index (Phi) is 3.61. The highest BCUT2D eigenvalue weighted by Gasteiger charge is 2.36. The number of hydrogen-bond acceptors (Lipinski definition) is 2. The first-order chi connectivity index (χ1) is 8.01. The molecule has 0 bridgehead atoms. The first-order valence-electron chi connectivity index (χ1n) is 5.53. The summed E-state index contributed by atoms with van der Waals surface area (Å²) in [4.78, 5) is 12.1. The Morgan fingerprint density at radius 3 is 2.88 bits per heavy atom. The number of halogens is 2. The zero-order chi connectivity index (χ0) is 12.5. The third kappa shape index (κ3) is 2.73. The lowest BCUT2D eigenvalue weighted by Crippen LogP contribution is -2.48. The van der Waals surface area contributed by atoms with E-state index in [2.05, 4.69) is 10.6 Å². The van der Waals surface area contributed by atoms with Gasteiger partial charge in [0.2, 0.25) is 5.91 Å². The summed E-state index contributed by atoms with van der Waals surface area (Å²) in [7, 11) is 0. The molecular formula is C12H14Cl2N2O. The summed E-state index contributed by atoms with van der Waals surface area (Å²) in [5, 5.41) is 7.05. The molecule has 17 heavy (non-hydrogen) atoms. The zero-order valence-corrected chi connectivity index (χ0v) is 11.0. The van der Waals surface area contributed by atoms with Crippen molar-refractivity contribution in [2.24, 2.45) is 0 Å². The molecule has 1 unspecified atom stereocenters. The largest absolute Gasteiger partial charge is 0.323 e. The maximum Gasteiger partial charge on any atom is 0.244 e. The highest BCUT2D eigenvalue weighted by atomic mass is 35.5. The van der Waals surface area contributed by atoms with Gasteiger partial charge in [-0.05, 0) is 44.5 Å². The minimum absolute atomic E-state index is 0.0702. The van der Waals surface area contributed by atoms with Gasteiger partial charge in [-0.25, -0.2) is 0 Å². The topological polar surface area (TPSA) is 41.1 Å². The first kappa shape index (κ1) is 12.7. The molecule has 1 heterocycles. The van der Waals surface area contributed by atoms with Gasteiger partial charge in [-0.1, -0.05) is 23.2 Å². The molecule has 1 aromatic rings. The van der Waals surface area contributed by atoms with E-state index in [1.54, 1.807) is 18.2 Å². The molecule has 1 aliphatic rings. The summed E-state index contributed by atoms with van der Waals surface area (Å²) >= 11 is 11.9. The molecule has 1 fully saturated rings. The fourth-order valence-corrected chi connectivity index (χ4v) is 2.28. The van der Waals surface area contributed by atoms with Crippen molar-refractivity contribution in [2.75, 3.05) is 11.9 Å². The summed E-state index contributed by atoms with van der Waals surface area (Å²) in [6.07, 6.45) is 1.84. The quantitative estimate of drug-likeness (QED) is 0.869. The number of hydrogen-bond donors (Lipinski definition) is 2. The minimum atomic E-state index is -0.508. The average molecular weight is 273 g/mol. The summed E-state index contributed by atoms with van der Waals surface area (Å²) in [5.74, 6) is -0.0702. The molecule has 1 aromatic carbocycles. The predicted molar refractivity (Wildman–Crippen MR) is 70.7 cm³/mol. The molecule has 2 N–H and O–H groups in total. The van der Waals surface area contributed by atoms with E-state index in [1.165, 1.54) is 0 Å². The van der Waals surface area contributed by atoms with Crippen molar-refractivity contribution in [3.8, 4) is 0 Å². The van der Waals surface area contributed by atoms with Gasteiger partial charge in [-0.3, -0.25) is 4.79 Å². The Bertz CT molecular complexity index is 442. The van der Waals surface area contributed by atoms with Gasteiger partial charge in [-0.2, -0.15) is 0 Å². The van der Waals surface area contributed by atoms with Crippen LogP contribution >= 0.6 is 23.2 Å². The fourth-order valence-electron chi connectivity index (χ4n) is 1.94. The van der Waals surface area contributed by atoms with E-state index in [1.807, 2.05) is 6.92 Å². The molecule has 0 aromatic heterocycles. The number of amides is 1. The van der Waals surface area contributed by atoms with Crippen LogP contribution in [0.2, 0.25) is 10.0 Å². The van der Waals surface area contributed by atoms with E-state index in [-0.39, 0.29) is 5.91 Å². The van der Waals surface area contributed by atoms with Gasteiger partial charge in [-0.15, -0.1) is 0 Å². The van der Waals surface area contributed by atoms with Crippen molar-refractivity contribution in [1.82, 2.24) is 5.32 Å². The second-order valence-electron chi connectivity index (χ2n) is 4.44. The van der Waals surface area contributed by atoms with Crippen molar-refractivity contribution in [1.29, 1.82) is 0 Å². The van der Waals surface area contributed by atoms with Crippen molar-refractivity contribution in [3.63, 3.8) is 0 Å². The van der Waals surface area contributed by atoms with Crippen LogP contribution in [0.25, 0.3) is 0 Å². The van der Waals surface area contributed by atoms with Crippen molar-refractivity contribution >= 4 is 34.8 Å². The molecule has 1 atom stereocenters. The molecule has 3 nitrogen and oxygen atoms in total. The molecule has 1 amide bonds. The van der Waals surface area contributed by atoms with E-state index in [4.69, 9.17) is 23.2 Å². The molecule has 92 valence electrons. The van der Waals surface area contributed by atoms with Crippen LogP contribution in [0.1, 0.15) is 19.8 Å². The van der Waals surface area contributed by atoms with E-state index in [0.29, 0.717) is 15.7 Å². The molecular weight excluding hydrogens is 259 g/mol. The monoisotopic (exact) mass is 272 g/mol. The van der Waals surface area contributed by atoms with Crippen LogP contribution < -0.4 is 10.6 Å². The van der Waals surface area contributed by atoms with Gasteiger partial charge in [0.15, 0.2) is 0 Å². The summed E-state index contributed by atoms with van der Waals surface area (Å²) < 4.78 is 0. The van der Waals surface area contributed by atoms with Crippen LogP contribution in [-0.4, -0.2) is 18.0 Å². The van der Waals surface area contributed by atoms with Crippen molar-refractivity contribution < 1.29 is 4.79 Å². The van der Waals surface area contributed by atoms with Crippen LogP contribution in [0.3, 0.4) is 0 Å². The highest BCUT2D eigenvalue weighted by molar-refractivity contribution is 6.35. The fraction of sp³-hybridized carbons (Fsp3) is 0.417. The summed E-state index contributed by atoms with van der Waals surface area (Å²) in [6.45, 7) is 2.76. The lowest BCUT2D eigenvalue weighted by molar-refractivity contribution is -0.121. The lowest BCUT2D eigenvalue weighted by atomic mass is 9.99. The Hall–Kier alpha value is -0.770. The summed E-state index contributed by atoms with van der Waals surface area (Å²) in [6, 6.07) is 5.01. The van der Waals surface area contributed by atoms with Gasteiger partial charge in [0.25, 0.3) is 0 Å². The molecule has 0 radical (unpaired) electrons. The number of benzene rings is 1.